The van der Waals surface area contributed by atoms with Crippen LogP contribution in [0.4, 0.5) is 17.5 Å². The Morgan fingerprint density at radius 2 is 1.73 bits per heavy atom. The van der Waals surface area contributed by atoms with E-state index in [1.807, 2.05) is 12.3 Å². The highest BCUT2D eigenvalue weighted by molar-refractivity contribution is 5.55. The van der Waals surface area contributed by atoms with Crippen LogP contribution in [-0.4, -0.2) is 68.7 Å². The zero-order chi connectivity index (χ0) is 21.2. The van der Waals surface area contributed by atoms with Gasteiger partial charge in [-0.15, -0.1) is 0 Å². The average molecular weight is 409 g/mol. The number of anilines is 3. The van der Waals surface area contributed by atoms with Gasteiger partial charge in [0.05, 0.1) is 0 Å². The van der Waals surface area contributed by atoms with Gasteiger partial charge in [-0.05, 0) is 43.7 Å². The van der Waals surface area contributed by atoms with Crippen molar-refractivity contribution in [2.75, 3.05) is 69.0 Å². The second-order valence-corrected chi connectivity index (χ2v) is 8.22. The van der Waals surface area contributed by atoms with E-state index in [2.05, 4.69) is 82.6 Å². The quantitative estimate of drug-likeness (QED) is 0.677. The Labute approximate surface area is 181 Å². The minimum absolute atomic E-state index is 0.724. The first-order chi connectivity index (χ1) is 14.6. The standard InChI is InChI=1S/C24H36N6/c1-28(2)22-12-10-21(11-13-22)9-8-17-29(3)20-16-26-24-25-15-14-23(27-24)30-18-6-4-5-7-19-30/h8-15H,4-7,16-20H2,1-3H3,(H,25,26,27)/b9-8+. The van der Waals surface area contributed by atoms with Gasteiger partial charge >= 0.3 is 0 Å². The summed E-state index contributed by atoms with van der Waals surface area (Å²) in [7, 11) is 6.25. The van der Waals surface area contributed by atoms with Crippen LogP contribution in [-0.2, 0) is 0 Å². The van der Waals surface area contributed by atoms with Gasteiger partial charge in [-0.1, -0.05) is 37.1 Å². The summed E-state index contributed by atoms with van der Waals surface area (Å²) in [5.41, 5.74) is 2.45. The lowest BCUT2D eigenvalue weighted by atomic mass is 10.2. The number of likely N-dealkylation sites (N-methyl/N-ethyl adjacent to an activating group) is 1. The van der Waals surface area contributed by atoms with Crippen LogP contribution in [0.5, 0.6) is 0 Å². The highest BCUT2D eigenvalue weighted by Crippen LogP contribution is 2.18. The van der Waals surface area contributed by atoms with E-state index in [4.69, 9.17) is 4.98 Å². The van der Waals surface area contributed by atoms with Crippen LogP contribution >= 0.6 is 0 Å². The Morgan fingerprint density at radius 3 is 2.43 bits per heavy atom. The van der Waals surface area contributed by atoms with Gasteiger partial charge in [-0.25, -0.2) is 4.98 Å². The van der Waals surface area contributed by atoms with Crippen LogP contribution in [0.25, 0.3) is 6.08 Å². The van der Waals surface area contributed by atoms with E-state index in [0.29, 0.717) is 0 Å². The van der Waals surface area contributed by atoms with Crippen LogP contribution < -0.4 is 15.1 Å². The maximum absolute atomic E-state index is 4.72. The molecule has 1 aliphatic rings. The first kappa shape index (κ1) is 22.1. The van der Waals surface area contributed by atoms with Gasteiger partial charge in [0.15, 0.2) is 0 Å². The number of benzene rings is 1. The lowest BCUT2D eigenvalue weighted by molar-refractivity contribution is 0.385. The lowest BCUT2D eigenvalue weighted by Crippen LogP contribution is -2.27. The number of nitrogens with one attached hydrogen (secondary N) is 1. The Balaban J connectivity index is 1.40. The summed E-state index contributed by atoms with van der Waals surface area (Å²) in [6.07, 6.45) is 11.4. The SMILES string of the molecule is CN(C/C=C/c1ccc(N(C)C)cc1)CCNc1nccc(N2CCCCCC2)n1. The van der Waals surface area contributed by atoms with Crippen LogP contribution in [0.15, 0.2) is 42.6 Å². The minimum Gasteiger partial charge on any atom is -0.378 e. The lowest BCUT2D eigenvalue weighted by Gasteiger charge is -2.21. The molecule has 1 N–H and O–H groups in total. The molecule has 3 rings (SSSR count). The number of nitrogens with zero attached hydrogens (tertiary/aromatic N) is 5. The molecule has 0 atom stereocenters. The summed E-state index contributed by atoms with van der Waals surface area (Å²) in [6.45, 7) is 4.87. The zero-order valence-corrected chi connectivity index (χ0v) is 18.7. The van der Waals surface area contributed by atoms with Crippen molar-refractivity contribution in [3.63, 3.8) is 0 Å². The average Bonchev–Trinajstić information content (AvgIpc) is 3.04. The van der Waals surface area contributed by atoms with Gasteiger partial charge in [0.1, 0.15) is 5.82 Å². The van der Waals surface area contributed by atoms with Crippen molar-refractivity contribution in [2.24, 2.45) is 0 Å². The summed E-state index contributed by atoms with van der Waals surface area (Å²) in [5, 5.41) is 3.38. The molecular formula is C24H36N6. The smallest absolute Gasteiger partial charge is 0.224 e. The van der Waals surface area contributed by atoms with E-state index < -0.39 is 0 Å². The molecule has 0 spiro atoms. The molecule has 6 heteroatoms. The number of hydrogen-bond donors (Lipinski definition) is 1. The van der Waals surface area contributed by atoms with Crippen LogP contribution in [0.2, 0.25) is 0 Å². The van der Waals surface area contributed by atoms with Crippen molar-refractivity contribution >= 4 is 23.5 Å². The van der Waals surface area contributed by atoms with E-state index in [1.165, 1.54) is 36.9 Å². The molecule has 0 unspecified atom stereocenters. The molecule has 6 nitrogen and oxygen atoms in total. The molecule has 162 valence electrons. The largest absolute Gasteiger partial charge is 0.378 e. The van der Waals surface area contributed by atoms with E-state index in [9.17, 15) is 0 Å². The Hall–Kier alpha value is -2.60. The van der Waals surface area contributed by atoms with E-state index >= 15 is 0 Å². The fourth-order valence-corrected chi connectivity index (χ4v) is 3.61. The topological polar surface area (TPSA) is 47.5 Å². The fourth-order valence-electron chi connectivity index (χ4n) is 3.61. The summed E-state index contributed by atoms with van der Waals surface area (Å²) in [5.74, 6) is 1.77. The first-order valence-electron chi connectivity index (χ1n) is 11.1. The molecule has 1 fully saturated rings. The normalized spacial score (nSPS) is 14.9. The molecule has 1 saturated heterocycles. The number of aromatic nitrogens is 2. The summed E-state index contributed by atoms with van der Waals surface area (Å²) >= 11 is 0. The molecule has 0 saturated carbocycles. The Kier molecular flexibility index (Phi) is 8.51. The molecule has 0 aliphatic carbocycles. The van der Waals surface area contributed by atoms with Crippen LogP contribution in [0.3, 0.4) is 0 Å². The van der Waals surface area contributed by atoms with Gasteiger partial charge in [0.2, 0.25) is 5.95 Å². The van der Waals surface area contributed by atoms with Gasteiger partial charge in [0, 0.05) is 58.7 Å². The van der Waals surface area contributed by atoms with Crippen molar-refractivity contribution in [3.8, 4) is 0 Å². The van der Waals surface area contributed by atoms with E-state index in [0.717, 1.165) is 44.5 Å². The van der Waals surface area contributed by atoms with Crippen molar-refractivity contribution in [1.82, 2.24) is 14.9 Å². The van der Waals surface area contributed by atoms with Crippen molar-refractivity contribution < 1.29 is 0 Å². The third-order valence-electron chi connectivity index (χ3n) is 5.48. The molecule has 0 amide bonds. The molecule has 0 radical (unpaired) electrons. The summed E-state index contributed by atoms with van der Waals surface area (Å²) in [6, 6.07) is 10.6. The number of hydrogen-bond acceptors (Lipinski definition) is 6. The Bertz CT molecular complexity index is 779. The summed E-state index contributed by atoms with van der Waals surface area (Å²) in [4.78, 5) is 15.9. The predicted molar refractivity (Wildman–Crippen MR) is 129 cm³/mol. The third-order valence-corrected chi connectivity index (χ3v) is 5.48. The predicted octanol–water partition coefficient (Wildman–Crippen LogP) is 3.98. The third kappa shape index (κ3) is 7.02. The Morgan fingerprint density at radius 1 is 1.00 bits per heavy atom. The van der Waals surface area contributed by atoms with Gasteiger partial charge in [-0.2, -0.15) is 4.98 Å². The highest BCUT2D eigenvalue weighted by Gasteiger charge is 2.11. The minimum atomic E-state index is 0.724. The van der Waals surface area contributed by atoms with Gasteiger partial charge in [-0.3, -0.25) is 0 Å². The maximum atomic E-state index is 4.72. The molecular weight excluding hydrogens is 372 g/mol. The van der Waals surface area contributed by atoms with Crippen molar-refractivity contribution in [2.45, 2.75) is 25.7 Å². The summed E-state index contributed by atoms with van der Waals surface area (Å²) < 4.78 is 0. The molecule has 0 bridgehead atoms. The highest BCUT2D eigenvalue weighted by atomic mass is 15.2. The van der Waals surface area contributed by atoms with Gasteiger partial charge in [0.25, 0.3) is 0 Å². The molecule has 1 aromatic heterocycles. The second-order valence-electron chi connectivity index (χ2n) is 8.22. The van der Waals surface area contributed by atoms with Crippen molar-refractivity contribution in [3.05, 3.63) is 48.2 Å². The molecule has 1 aliphatic heterocycles. The molecule has 2 aromatic rings. The van der Waals surface area contributed by atoms with Crippen molar-refractivity contribution in [1.29, 1.82) is 0 Å². The van der Waals surface area contributed by atoms with Crippen LogP contribution in [0, 0.1) is 0 Å². The fraction of sp³-hybridized carbons (Fsp3) is 0.500. The van der Waals surface area contributed by atoms with E-state index in [1.54, 1.807) is 0 Å². The number of rotatable bonds is 9. The second kappa shape index (κ2) is 11.6. The monoisotopic (exact) mass is 408 g/mol. The molecule has 30 heavy (non-hydrogen) atoms. The molecule has 1 aromatic carbocycles. The van der Waals surface area contributed by atoms with Gasteiger partial charge < -0.3 is 20.0 Å². The van der Waals surface area contributed by atoms with E-state index in [-0.39, 0.29) is 0 Å². The maximum Gasteiger partial charge on any atom is 0.224 e. The van der Waals surface area contributed by atoms with Crippen LogP contribution in [0.1, 0.15) is 31.2 Å². The molecule has 2 heterocycles. The first-order valence-corrected chi connectivity index (χ1v) is 11.1. The zero-order valence-electron chi connectivity index (χ0n) is 18.7.